The summed E-state index contributed by atoms with van der Waals surface area (Å²) in [5.41, 5.74) is 0.555. The second-order valence-corrected chi connectivity index (χ2v) is 5.22. The summed E-state index contributed by atoms with van der Waals surface area (Å²) in [6.07, 6.45) is -0.647. The van der Waals surface area contributed by atoms with E-state index in [9.17, 15) is 14.4 Å². The summed E-state index contributed by atoms with van der Waals surface area (Å²) in [6.45, 7) is 1.39. The monoisotopic (exact) mass is 305 g/mol. The summed E-state index contributed by atoms with van der Waals surface area (Å²) in [5, 5.41) is 2.51. The Kier molecular flexibility index (Phi) is 4.65. The van der Waals surface area contributed by atoms with Crippen LogP contribution in [0.25, 0.3) is 0 Å². The zero-order chi connectivity index (χ0) is 16.3. The van der Waals surface area contributed by atoms with Crippen LogP contribution < -0.4 is 15.0 Å². The number of nitrogens with one attached hydrogen (secondary N) is 1. The Labute approximate surface area is 128 Å². The lowest BCUT2D eigenvalue weighted by atomic mass is 10.2. The first-order valence-electron chi connectivity index (χ1n) is 6.94. The largest absolute Gasteiger partial charge is 0.479 e. The molecule has 3 amide bonds. The van der Waals surface area contributed by atoms with E-state index in [1.165, 1.54) is 9.80 Å². The van der Waals surface area contributed by atoms with Crippen LogP contribution >= 0.6 is 0 Å². The highest BCUT2D eigenvalue weighted by Crippen LogP contribution is 2.33. The van der Waals surface area contributed by atoms with Crippen molar-refractivity contribution in [2.24, 2.45) is 0 Å². The number of ether oxygens (including phenoxy) is 1. The fourth-order valence-corrected chi connectivity index (χ4v) is 2.05. The Hall–Kier alpha value is -2.57. The number of likely N-dealkylation sites (N-methyl/N-ethyl adjacent to an activating group) is 1. The van der Waals surface area contributed by atoms with Crippen molar-refractivity contribution in [3.8, 4) is 5.75 Å². The topological polar surface area (TPSA) is 79.0 Å². The highest BCUT2D eigenvalue weighted by atomic mass is 16.5. The quantitative estimate of drug-likeness (QED) is 0.849. The third kappa shape index (κ3) is 3.36. The number of benzene rings is 1. The first-order valence-corrected chi connectivity index (χ1v) is 6.94. The minimum atomic E-state index is -0.647. The van der Waals surface area contributed by atoms with Crippen LogP contribution in [-0.4, -0.2) is 55.9 Å². The summed E-state index contributed by atoms with van der Waals surface area (Å²) in [6, 6.07) is 7.04. The zero-order valence-electron chi connectivity index (χ0n) is 12.8. The molecule has 7 nitrogen and oxygen atoms in total. The molecule has 0 aliphatic carbocycles. The maximum atomic E-state index is 12.2. The van der Waals surface area contributed by atoms with Gasteiger partial charge in [-0.15, -0.1) is 0 Å². The standard InChI is InChI=1S/C15H19N3O4/c1-10-15(21)18(11-6-4-5-7-12(11)22-10)9-13(19)16-8-14(20)17(2)3/h4-7,10H,8-9H2,1-3H3,(H,16,19). The lowest BCUT2D eigenvalue weighted by Crippen LogP contribution is -2.49. The van der Waals surface area contributed by atoms with Gasteiger partial charge < -0.3 is 15.0 Å². The normalized spacial score (nSPS) is 16.6. The van der Waals surface area contributed by atoms with Gasteiger partial charge in [-0.2, -0.15) is 0 Å². The van der Waals surface area contributed by atoms with Crippen molar-refractivity contribution in [2.45, 2.75) is 13.0 Å². The minimum absolute atomic E-state index is 0.0957. The van der Waals surface area contributed by atoms with E-state index in [0.717, 1.165) is 0 Å². The average Bonchev–Trinajstić information content (AvgIpc) is 2.49. The molecule has 0 bridgehead atoms. The molecule has 0 aromatic heterocycles. The van der Waals surface area contributed by atoms with Crippen molar-refractivity contribution in [1.82, 2.24) is 10.2 Å². The lowest BCUT2D eigenvalue weighted by molar-refractivity contribution is -0.131. The van der Waals surface area contributed by atoms with Gasteiger partial charge in [0.05, 0.1) is 12.2 Å². The van der Waals surface area contributed by atoms with E-state index in [0.29, 0.717) is 11.4 Å². The Morgan fingerprint density at radius 3 is 2.68 bits per heavy atom. The minimum Gasteiger partial charge on any atom is -0.479 e. The van der Waals surface area contributed by atoms with Crippen LogP contribution in [0.2, 0.25) is 0 Å². The molecule has 0 saturated heterocycles. The molecule has 118 valence electrons. The average molecular weight is 305 g/mol. The Morgan fingerprint density at radius 2 is 2.00 bits per heavy atom. The number of anilines is 1. The molecular formula is C15H19N3O4. The van der Waals surface area contributed by atoms with Gasteiger partial charge in [-0.3, -0.25) is 19.3 Å². The summed E-state index contributed by atoms with van der Waals surface area (Å²) >= 11 is 0. The van der Waals surface area contributed by atoms with Gasteiger partial charge >= 0.3 is 0 Å². The number of rotatable bonds is 4. The predicted molar refractivity (Wildman–Crippen MR) is 80.6 cm³/mol. The van der Waals surface area contributed by atoms with Crippen LogP contribution in [0.3, 0.4) is 0 Å². The highest BCUT2D eigenvalue weighted by Gasteiger charge is 2.32. The smallest absolute Gasteiger partial charge is 0.268 e. The van der Waals surface area contributed by atoms with Gasteiger partial charge in [0.2, 0.25) is 11.8 Å². The van der Waals surface area contributed by atoms with Gasteiger partial charge in [0.25, 0.3) is 5.91 Å². The molecule has 1 aromatic rings. The first kappa shape index (κ1) is 15.8. The highest BCUT2D eigenvalue weighted by molar-refractivity contribution is 6.03. The summed E-state index contributed by atoms with van der Waals surface area (Å²) in [7, 11) is 3.22. The lowest BCUT2D eigenvalue weighted by Gasteiger charge is -2.32. The molecule has 1 aliphatic heterocycles. The molecule has 7 heteroatoms. The van der Waals surface area contributed by atoms with Crippen LogP contribution in [0.5, 0.6) is 5.75 Å². The number of carbonyl (C=O) groups excluding carboxylic acids is 3. The van der Waals surface area contributed by atoms with E-state index in [4.69, 9.17) is 4.74 Å². The number of para-hydroxylation sites is 2. The molecule has 1 heterocycles. The fraction of sp³-hybridized carbons (Fsp3) is 0.400. The third-order valence-corrected chi connectivity index (χ3v) is 3.31. The number of fused-ring (bicyclic) bond motifs is 1. The first-order chi connectivity index (χ1) is 10.4. The van der Waals surface area contributed by atoms with Gasteiger partial charge in [-0.1, -0.05) is 12.1 Å². The van der Waals surface area contributed by atoms with E-state index in [1.54, 1.807) is 45.3 Å². The molecule has 1 aliphatic rings. The fourth-order valence-electron chi connectivity index (χ4n) is 2.05. The van der Waals surface area contributed by atoms with Crippen molar-refractivity contribution in [1.29, 1.82) is 0 Å². The van der Waals surface area contributed by atoms with Gasteiger partial charge in [-0.05, 0) is 19.1 Å². The van der Waals surface area contributed by atoms with Crippen LogP contribution in [0.1, 0.15) is 6.92 Å². The Morgan fingerprint density at radius 1 is 1.32 bits per heavy atom. The molecule has 1 unspecified atom stereocenters. The van der Waals surface area contributed by atoms with Crippen molar-refractivity contribution >= 4 is 23.4 Å². The van der Waals surface area contributed by atoms with Crippen molar-refractivity contribution in [3.05, 3.63) is 24.3 Å². The molecule has 0 saturated carbocycles. The van der Waals surface area contributed by atoms with Gasteiger partial charge in [0.1, 0.15) is 12.3 Å². The maximum Gasteiger partial charge on any atom is 0.268 e. The molecule has 22 heavy (non-hydrogen) atoms. The van der Waals surface area contributed by atoms with Crippen molar-refractivity contribution < 1.29 is 19.1 Å². The summed E-state index contributed by atoms with van der Waals surface area (Å²) in [4.78, 5) is 38.4. The van der Waals surface area contributed by atoms with E-state index < -0.39 is 12.0 Å². The molecular weight excluding hydrogens is 286 g/mol. The summed E-state index contributed by atoms with van der Waals surface area (Å²) in [5.74, 6) is -0.331. The summed E-state index contributed by atoms with van der Waals surface area (Å²) < 4.78 is 5.50. The van der Waals surface area contributed by atoms with Crippen LogP contribution in [-0.2, 0) is 14.4 Å². The second kappa shape index (κ2) is 6.46. The molecule has 0 spiro atoms. The molecule has 1 aromatic carbocycles. The SMILES string of the molecule is CC1Oc2ccccc2N(CC(=O)NCC(=O)N(C)C)C1=O. The Bertz CT molecular complexity index is 600. The van der Waals surface area contributed by atoms with Crippen LogP contribution in [0.4, 0.5) is 5.69 Å². The van der Waals surface area contributed by atoms with Gasteiger partial charge in [-0.25, -0.2) is 0 Å². The van der Waals surface area contributed by atoms with E-state index >= 15 is 0 Å². The maximum absolute atomic E-state index is 12.2. The number of hydrogen-bond donors (Lipinski definition) is 1. The Balaban J connectivity index is 2.06. The molecule has 1 N–H and O–H groups in total. The number of carbonyl (C=O) groups is 3. The molecule has 0 fully saturated rings. The molecule has 0 radical (unpaired) electrons. The number of amides is 3. The van der Waals surface area contributed by atoms with E-state index in [-0.39, 0.29) is 24.9 Å². The van der Waals surface area contributed by atoms with Crippen molar-refractivity contribution in [2.75, 3.05) is 32.1 Å². The number of hydrogen-bond acceptors (Lipinski definition) is 4. The van der Waals surface area contributed by atoms with Crippen LogP contribution in [0, 0.1) is 0 Å². The number of nitrogens with zero attached hydrogens (tertiary/aromatic N) is 2. The van der Waals surface area contributed by atoms with Gasteiger partial charge in [0, 0.05) is 14.1 Å². The van der Waals surface area contributed by atoms with Crippen molar-refractivity contribution in [3.63, 3.8) is 0 Å². The zero-order valence-corrected chi connectivity index (χ0v) is 12.8. The predicted octanol–water partition coefficient (Wildman–Crippen LogP) is 0.00490. The second-order valence-electron chi connectivity index (χ2n) is 5.22. The van der Waals surface area contributed by atoms with Gasteiger partial charge in [0.15, 0.2) is 6.10 Å². The molecule has 2 rings (SSSR count). The van der Waals surface area contributed by atoms with E-state index in [2.05, 4.69) is 5.32 Å². The third-order valence-electron chi connectivity index (χ3n) is 3.31. The van der Waals surface area contributed by atoms with E-state index in [1.807, 2.05) is 0 Å². The van der Waals surface area contributed by atoms with Crippen LogP contribution in [0.15, 0.2) is 24.3 Å². The molecule has 1 atom stereocenters.